The van der Waals surface area contributed by atoms with Crippen molar-refractivity contribution in [3.63, 3.8) is 0 Å². The van der Waals surface area contributed by atoms with Crippen LogP contribution in [0.2, 0.25) is 0 Å². The van der Waals surface area contributed by atoms with Crippen LogP contribution in [0.25, 0.3) is 11.5 Å². The first-order valence-electron chi connectivity index (χ1n) is 6.01. The largest absolute Gasteiger partial charge is 0.334 e. The fraction of sp³-hybridized carbons (Fsp3) is 0.333. The van der Waals surface area contributed by atoms with Crippen molar-refractivity contribution in [2.75, 3.05) is 11.3 Å². The summed E-state index contributed by atoms with van der Waals surface area (Å²) < 4.78 is 5.19. The van der Waals surface area contributed by atoms with Crippen LogP contribution in [0.15, 0.2) is 22.9 Å². The molecule has 1 amide bonds. The zero-order valence-electron chi connectivity index (χ0n) is 11.1. The molecule has 2 rings (SSSR count). The van der Waals surface area contributed by atoms with Crippen molar-refractivity contribution in [3.05, 3.63) is 24.2 Å². The van der Waals surface area contributed by atoms with Crippen molar-refractivity contribution in [1.82, 2.24) is 20.6 Å². The minimum Gasteiger partial charge on any atom is -0.334 e. The van der Waals surface area contributed by atoms with E-state index in [0.29, 0.717) is 23.1 Å². The van der Waals surface area contributed by atoms with Gasteiger partial charge >= 0.3 is 0 Å². The van der Waals surface area contributed by atoms with Gasteiger partial charge < -0.3 is 4.52 Å². The van der Waals surface area contributed by atoms with Crippen molar-refractivity contribution in [1.29, 1.82) is 0 Å². The average Bonchev–Trinajstić information content (AvgIpc) is 2.95. The van der Waals surface area contributed by atoms with Crippen LogP contribution in [0.1, 0.15) is 25.6 Å². The maximum atomic E-state index is 11.0. The summed E-state index contributed by atoms with van der Waals surface area (Å²) >= 11 is 5.37. The van der Waals surface area contributed by atoms with E-state index in [-0.39, 0.29) is 17.7 Å². The van der Waals surface area contributed by atoms with Crippen LogP contribution in [0.5, 0.6) is 0 Å². The molecule has 0 aromatic carbocycles. The number of pyridine rings is 1. The van der Waals surface area contributed by atoms with E-state index in [1.807, 2.05) is 13.8 Å². The maximum Gasteiger partial charge on any atom is 0.258 e. The summed E-state index contributed by atoms with van der Waals surface area (Å²) in [6.45, 7) is 3.96. The van der Waals surface area contributed by atoms with Gasteiger partial charge in [0, 0.05) is 17.7 Å². The molecule has 0 fully saturated rings. The second-order valence-corrected chi connectivity index (χ2v) is 4.62. The van der Waals surface area contributed by atoms with E-state index >= 15 is 0 Å². The maximum absolute atomic E-state index is 11.0. The normalized spacial score (nSPS) is 10.6. The van der Waals surface area contributed by atoms with E-state index < -0.39 is 0 Å². The minimum absolute atomic E-state index is 0.131. The molecular formula is C12H14ClN5O2. The van der Waals surface area contributed by atoms with Crippen LogP contribution in [0, 0.1) is 0 Å². The Morgan fingerprint density at radius 2 is 2.30 bits per heavy atom. The molecule has 2 heterocycles. The SMILES string of the molecule is CC(C)c1noc(-c2ccnc(NNC(=O)CCl)c2)n1. The Hall–Kier alpha value is -2.15. The summed E-state index contributed by atoms with van der Waals surface area (Å²) in [4.78, 5) is 19.4. The summed E-state index contributed by atoms with van der Waals surface area (Å²) in [5.41, 5.74) is 5.76. The third kappa shape index (κ3) is 3.45. The predicted octanol–water partition coefficient (Wildman–Crippen LogP) is 1.94. The Labute approximate surface area is 120 Å². The Balaban J connectivity index is 2.14. The van der Waals surface area contributed by atoms with Gasteiger partial charge in [0.15, 0.2) is 5.82 Å². The van der Waals surface area contributed by atoms with Gasteiger partial charge in [0.25, 0.3) is 11.8 Å². The highest BCUT2D eigenvalue weighted by Gasteiger charge is 2.12. The van der Waals surface area contributed by atoms with Crippen LogP contribution in [-0.4, -0.2) is 26.9 Å². The standard InChI is InChI=1S/C12H14ClN5O2/c1-7(2)11-15-12(20-18-11)8-3-4-14-9(5-8)16-17-10(19)6-13/h3-5,7H,6H2,1-2H3,(H,14,16)(H,17,19). The highest BCUT2D eigenvalue weighted by molar-refractivity contribution is 6.27. The highest BCUT2D eigenvalue weighted by Crippen LogP contribution is 2.21. The van der Waals surface area contributed by atoms with Crippen molar-refractivity contribution >= 4 is 23.3 Å². The van der Waals surface area contributed by atoms with Crippen LogP contribution in [0.4, 0.5) is 5.82 Å². The zero-order valence-corrected chi connectivity index (χ0v) is 11.8. The molecule has 0 aliphatic rings. The molecule has 0 saturated heterocycles. The Kier molecular flexibility index (Phi) is 4.52. The number of amides is 1. The molecule has 0 radical (unpaired) electrons. The first kappa shape index (κ1) is 14.3. The number of nitrogens with zero attached hydrogens (tertiary/aromatic N) is 3. The molecule has 0 atom stereocenters. The van der Waals surface area contributed by atoms with Gasteiger partial charge in [-0.3, -0.25) is 15.6 Å². The van der Waals surface area contributed by atoms with Crippen molar-refractivity contribution in [2.45, 2.75) is 19.8 Å². The molecular weight excluding hydrogens is 282 g/mol. The van der Waals surface area contributed by atoms with E-state index in [2.05, 4.69) is 26.0 Å². The number of carbonyl (C=O) groups excluding carboxylic acids is 1. The number of alkyl halides is 1. The van der Waals surface area contributed by atoms with Crippen LogP contribution >= 0.6 is 11.6 Å². The fourth-order valence-electron chi connectivity index (χ4n) is 1.39. The number of hydrogen-bond donors (Lipinski definition) is 2. The summed E-state index contributed by atoms with van der Waals surface area (Å²) in [7, 11) is 0. The number of rotatable bonds is 5. The number of carbonyl (C=O) groups is 1. The molecule has 0 bridgehead atoms. The fourth-order valence-corrected chi connectivity index (χ4v) is 1.45. The molecule has 106 valence electrons. The Bertz CT molecular complexity index is 599. The first-order valence-corrected chi connectivity index (χ1v) is 6.54. The number of halogens is 1. The lowest BCUT2D eigenvalue weighted by Crippen LogP contribution is -2.30. The van der Waals surface area contributed by atoms with Gasteiger partial charge in [-0.1, -0.05) is 19.0 Å². The number of anilines is 1. The van der Waals surface area contributed by atoms with Gasteiger partial charge in [-0.2, -0.15) is 4.98 Å². The lowest BCUT2D eigenvalue weighted by molar-refractivity contribution is -0.118. The van der Waals surface area contributed by atoms with Crippen LogP contribution in [-0.2, 0) is 4.79 Å². The zero-order chi connectivity index (χ0) is 14.5. The molecule has 7 nitrogen and oxygen atoms in total. The smallest absolute Gasteiger partial charge is 0.258 e. The minimum atomic E-state index is -0.348. The number of hydrazine groups is 1. The molecule has 2 aromatic heterocycles. The average molecular weight is 296 g/mol. The third-order valence-electron chi connectivity index (χ3n) is 2.42. The van der Waals surface area contributed by atoms with Crippen LogP contribution in [0.3, 0.4) is 0 Å². The molecule has 2 aromatic rings. The second-order valence-electron chi connectivity index (χ2n) is 4.35. The third-order valence-corrected chi connectivity index (χ3v) is 2.66. The Morgan fingerprint density at radius 1 is 1.50 bits per heavy atom. The monoisotopic (exact) mass is 295 g/mol. The molecule has 20 heavy (non-hydrogen) atoms. The van der Waals surface area contributed by atoms with E-state index in [1.54, 1.807) is 18.3 Å². The van der Waals surface area contributed by atoms with Gasteiger partial charge in [-0.15, -0.1) is 11.6 Å². The summed E-state index contributed by atoms with van der Waals surface area (Å²) in [5.74, 6) is 1.21. The molecule has 0 spiro atoms. The van der Waals surface area contributed by atoms with Gasteiger partial charge in [-0.25, -0.2) is 4.98 Å². The Morgan fingerprint density at radius 3 is 2.95 bits per heavy atom. The molecule has 0 unspecified atom stereocenters. The second kappa shape index (κ2) is 6.33. The van der Waals surface area contributed by atoms with Gasteiger partial charge in [0.2, 0.25) is 0 Å². The predicted molar refractivity (Wildman–Crippen MR) is 74.1 cm³/mol. The van der Waals surface area contributed by atoms with E-state index in [9.17, 15) is 4.79 Å². The highest BCUT2D eigenvalue weighted by atomic mass is 35.5. The lowest BCUT2D eigenvalue weighted by atomic mass is 10.2. The first-order chi connectivity index (χ1) is 9.60. The molecule has 8 heteroatoms. The lowest BCUT2D eigenvalue weighted by Gasteiger charge is -2.06. The van der Waals surface area contributed by atoms with Crippen molar-refractivity contribution in [2.24, 2.45) is 0 Å². The van der Waals surface area contributed by atoms with E-state index in [0.717, 1.165) is 0 Å². The molecule has 0 saturated carbocycles. The molecule has 0 aliphatic carbocycles. The number of nitrogens with one attached hydrogen (secondary N) is 2. The van der Waals surface area contributed by atoms with Crippen LogP contribution < -0.4 is 10.9 Å². The van der Waals surface area contributed by atoms with Crippen molar-refractivity contribution in [3.8, 4) is 11.5 Å². The summed E-state index contributed by atoms with van der Waals surface area (Å²) in [6, 6.07) is 3.43. The molecule has 0 aliphatic heterocycles. The summed E-state index contributed by atoms with van der Waals surface area (Å²) in [5, 5.41) is 3.90. The summed E-state index contributed by atoms with van der Waals surface area (Å²) in [6.07, 6.45) is 1.57. The number of hydrogen-bond acceptors (Lipinski definition) is 6. The topological polar surface area (TPSA) is 92.9 Å². The van der Waals surface area contributed by atoms with E-state index in [4.69, 9.17) is 16.1 Å². The van der Waals surface area contributed by atoms with Gasteiger partial charge in [-0.05, 0) is 12.1 Å². The quantitative estimate of drug-likeness (QED) is 0.647. The van der Waals surface area contributed by atoms with Gasteiger partial charge in [0.05, 0.1) is 0 Å². The van der Waals surface area contributed by atoms with Gasteiger partial charge in [0.1, 0.15) is 11.7 Å². The number of aromatic nitrogens is 3. The van der Waals surface area contributed by atoms with Crippen molar-refractivity contribution < 1.29 is 9.32 Å². The molecule has 2 N–H and O–H groups in total. The van der Waals surface area contributed by atoms with E-state index in [1.165, 1.54) is 0 Å².